The average Bonchev–Trinajstić information content (AvgIpc) is 3.00. The molecular formula is C21H21N3O3. The minimum absolute atomic E-state index is 0.0155. The summed E-state index contributed by atoms with van der Waals surface area (Å²) in [6.07, 6.45) is 1.69. The highest BCUT2D eigenvalue weighted by Gasteiger charge is 2.28. The van der Waals surface area contributed by atoms with Crippen molar-refractivity contribution in [3.63, 3.8) is 0 Å². The zero-order valence-corrected chi connectivity index (χ0v) is 14.9. The summed E-state index contributed by atoms with van der Waals surface area (Å²) in [4.78, 5) is 39.3. The van der Waals surface area contributed by atoms with Crippen LogP contribution in [0.5, 0.6) is 0 Å². The Bertz CT molecular complexity index is 848. The fourth-order valence-electron chi connectivity index (χ4n) is 2.96. The Kier molecular flexibility index (Phi) is 5.66. The summed E-state index contributed by atoms with van der Waals surface area (Å²) < 4.78 is 0. The van der Waals surface area contributed by atoms with E-state index in [2.05, 4.69) is 11.9 Å². The second-order valence-corrected chi connectivity index (χ2v) is 6.30. The fourth-order valence-corrected chi connectivity index (χ4v) is 2.96. The normalized spacial score (nSPS) is 13.4. The van der Waals surface area contributed by atoms with E-state index in [4.69, 9.17) is 0 Å². The molecule has 3 rings (SSSR count). The molecule has 2 aromatic rings. The zero-order valence-electron chi connectivity index (χ0n) is 14.9. The lowest BCUT2D eigenvalue weighted by molar-refractivity contribution is -0.125. The summed E-state index contributed by atoms with van der Waals surface area (Å²) in [5.74, 6) is -0.396. The van der Waals surface area contributed by atoms with Crippen LogP contribution in [0, 0.1) is 0 Å². The maximum atomic E-state index is 13.0. The van der Waals surface area contributed by atoms with Crippen LogP contribution in [0.4, 0.5) is 4.79 Å². The summed E-state index contributed by atoms with van der Waals surface area (Å²) in [6, 6.07) is 16.3. The highest BCUT2D eigenvalue weighted by atomic mass is 16.2. The molecule has 0 unspecified atom stereocenters. The molecule has 1 heterocycles. The second kappa shape index (κ2) is 8.31. The van der Waals surface area contributed by atoms with Gasteiger partial charge >= 0.3 is 6.03 Å². The van der Waals surface area contributed by atoms with Gasteiger partial charge in [-0.1, -0.05) is 48.5 Å². The van der Waals surface area contributed by atoms with Crippen molar-refractivity contribution < 1.29 is 14.4 Å². The molecular weight excluding hydrogens is 342 g/mol. The molecule has 0 bridgehead atoms. The molecule has 1 aliphatic rings. The van der Waals surface area contributed by atoms with Crippen LogP contribution in [0.3, 0.4) is 0 Å². The van der Waals surface area contributed by atoms with Crippen LogP contribution in [0.2, 0.25) is 0 Å². The molecule has 27 heavy (non-hydrogen) atoms. The molecule has 1 aliphatic heterocycles. The molecule has 6 nitrogen and oxygen atoms in total. The number of nitrogens with zero attached hydrogens (tertiary/aromatic N) is 2. The van der Waals surface area contributed by atoms with E-state index in [0.717, 1.165) is 16.0 Å². The summed E-state index contributed by atoms with van der Waals surface area (Å²) in [7, 11) is 0. The van der Waals surface area contributed by atoms with E-state index >= 15 is 0 Å². The Hall–Kier alpha value is -3.41. The Balaban J connectivity index is 1.77. The molecule has 0 radical (unpaired) electrons. The number of hydrogen-bond donors (Lipinski definition) is 1. The predicted octanol–water partition coefficient (Wildman–Crippen LogP) is 2.57. The lowest BCUT2D eigenvalue weighted by Gasteiger charge is -2.22. The van der Waals surface area contributed by atoms with Crippen LogP contribution in [-0.4, -0.2) is 40.7 Å². The van der Waals surface area contributed by atoms with E-state index in [0.29, 0.717) is 18.7 Å². The van der Waals surface area contributed by atoms with Gasteiger partial charge in [-0.05, 0) is 23.3 Å². The molecule has 1 saturated heterocycles. The maximum Gasteiger partial charge on any atom is 0.324 e. The SMILES string of the molecule is C=CCN(Cc1ccccc1)C(=O)c1cccc(CN2C(=O)CNC2=O)c1. The van der Waals surface area contributed by atoms with Gasteiger partial charge < -0.3 is 10.2 Å². The Morgan fingerprint density at radius 3 is 2.52 bits per heavy atom. The smallest absolute Gasteiger partial charge is 0.324 e. The fraction of sp³-hybridized carbons (Fsp3) is 0.190. The molecule has 0 atom stereocenters. The van der Waals surface area contributed by atoms with Crippen molar-refractivity contribution in [2.45, 2.75) is 13.1 Å². The maximum absolute atomic E-state index is 13.0. The highest BCUT2D eigenvalue weighted by molar-refractivity contribution is 6.02. The first kappa shape index (κ1) is 18.4. The van der Waals surface area contributed by atoms with Gasteiger partial charge in [0.15, 0.2) is 0 Å². The van der Waals surface area contributed by atoms with Gasteiger partial charge in [0.1, 0.15) is 0 Å². The van der Waals surface area contributed by atoms with Gasteiger partial charge in [0, 0.05) is 18.7 Å². The van der Waals surface area contributed by atoms with E-state index < -0.39 is 6.03 Å². The van der Waals surface area contributed by atoms with Crippen LogP contribution in [-0.2, 0) is 17.9 Å². The van der Waals surface area contributed by atoms with Crippen molar-refractivity contribution in [3.05, 3.63) is 83.9 Å². The van der Waals surface area contributed by atoms with Gasteiger partial charge in [0.05, 0.1) is 13.1 Å². The van der Waals surface area contributed by atoms with Crippen molar-refractivity contribution in [3.8, 4) is 0 Å². The lowest BCUT2D eigenvalue weighted by atomic mass is 10.1. The molecule has 0 saturated carbocycles. The topological polar surface area (TPSA) is 69.7 Å². The standard InChI is InChI=1S/C21H21N3O3/c1-2-11-23(14-16-7-4-3-5-8-16)20(26)18-10-6-9-17(12-18)15-24-19(25)13-22-21(24)27/h2-10,12H,1,11,13-15H2,(H,22,27). The van der Waals surface area contributed by atoms with E-state index in [1.807, 2.05) is 30.3 Å². The molecule has 4 amide bonds. The third-order valence-electron chi connectivity index (χ3n) is 4.30. The molecule has 2 aromatic carbocycles. The Morgan fingerprint density at radius 1 is 1.11 bits per heavy atom. The van der Waals surface area contributed by atoms with Crippen LogP contribution >= 0.6 is 0 Å². The van der Waals surface area contributed by atoms with E-state index in [-0.39, 0.29) is 24.9 Å². The first-order chi connectivity index (χ1) is 13.1. The second-order valence-electron chi connectivity index (χ2n) is 6.30. The third kappa shape index (κ3) is 4.41. The first-order valence-corrected chi connectivity index (χ1v) is 8.69. The van der Waals surface area contributed by atoms with Crippen LogP contribution in [0.1, 0.15) is 21.5 Å². The van der Waals surface area contributed by atoms with Crippen LogP contribution in [0.25, 0.3) is 0 Å². The van der Waals surface area contributed by atoms with Gasteiger partial charge in [-0.3, -0.25) is 14.5 Å². The van der Waals surface area contributed by atoms with Gasteiger partial charge in [0.2, 0.25) is 5.91 Å². The quantitative estimate of drug-likeness (QED) is 0.607. The molecule has 0 aromatic heterocycles. The average molecular weight is 363 g/mol. The van der Waals surface area contributed by atoms with E-state index in [1.165, 1.54) is 0 Å². The number of rotatable bonds is 7. The molecule has 0 aliphatic carbocycles. The monoisotopic (exact) mass is 363 g/mol. The Labute approximate surface area is 158 Å². The van der Waals surface area contributed by atoms with Gasteiger partial charge in [-0.25, -0.2) is 4.79 Å². The first-order valence-electron chi connectivity index (χ1n) is 8.69. The van der Waals surface area contributed by atoms with Crippen molar-refractivity contribution in [2.75, 3.05) is 13.1 Å². The number of benzene rings is 2. The number of carbonyl (C=O) groups excluding carboxylic acids is 3. The highest BCUT2D eigenvalue weighted by Crippen LogP contribution is 2.14. The molecule has 1 fully saturated rings. The predicted molar refractivity (Wildman–Crippen MR) is 102 cm³/mol. The van der Waals surface area contributed by atoms with Crippen molar-refractivity contribution in [2.24, 2.45) is 0 Å². The van der Waals surface area contributed by atoms with Gasteiger partial charge in [0.25, 0.3) is 5.91 Å². The summed E-state index contributed by atoms with van der Waals surface area (Å²) >= 11 is 0. The third-order valence-corrected chi connectivity index (χ3v) is 4.30. The number of nitrogens with one attached hydrogen (secondary N) is 1. The summed E-state index contributed by atoms with van der Waals surface area (Å²) in [5.41, 5.74) is 2.27. The lowest BCUT2D eigenvalue weighted by Crippen LogP contribution is -2.31. The molecule has 0 spiro atoms. The van der Waals surface area contributed by atoms with Crippen LogP contribution < -0.4 is 5.32 Å². The minimum atomic E-state index is -0.408. The number of carbonyl (C=O) groups is 3. The van der Waals surface area contributed by atoms with Crippen molar-refractivity contribution in [1.82, 2.24) is 15.1 Å². The summed E-state index contributed by atoms with van der Waals surface area (Å²) in [5, 5.41) is 2.49. The molecule has 1 N–H and O–H groups in total. The molecule has 138 valence electrons. The largest absolute Gasteiger partial charge is 0.331 e. The van der Waals surface area contributed by atoms with Crippen LogP contribution in [0.15, 0.2) is 67.3 Å². The zero-order chi connectivity index (χ0) is 19.2. The van der Waals surface area contributed by atoms with E-state index in [9.17, 15) is 14.4 Å². The van der Waals surface area contributed by atoms with Crippen molar-refractivity contribution >= 4 is 17.8 Å². The summed E-state index contributed by atoms with van der Waals surface area (Å²) in [6.45, 7) is 4.80. The minimum Gasteiger partial charge on any atom is -0.331 e. The van der Waals surface area contributed by atoms with Gasteiger partial charge in [-0.15, -0.1) is 6.58 Å². The number of imide groups is 1. The number of urea groups is 1. The Morgan fingerprint density at radius 2 is 1.85 bits per heavy atom. The molecule has 6 heteroatoms. The number of hydrogen-bond acceptors (Lipinski definition) is 3. The van der Waals surface area contributed by atoms with Crippen molar-refractivity contribution in [1.29, 1.82) is 0 Å². The van der Waals surface area contributed by atoms with Gasteiger partial charge in [-0.2, -0.15) is 0 Å². The number of amides is 4. The van der Waals surface area contributed by atoms with E-state index in [1.54, 1.807) is 35.2 Å².